The standard InChI is InChI=1S/C20H34N4O2S/c1-3-21-20(23-16-5-7-17(25)8-6-16)22-14-18(19-9-4-15(2)27-19)24-10-12-26-13-11-24/h4,9,16-18,25H,3,5-8,10-14H2,1-2H3,(H2,21,22,23). The molecule has 2 aliphatic rings. The third kappa shape index (κ3) is 6.17. The van der Waals surface area contributed by atoms with E-state index >= 15 is 0 Å². The van der Waals surface area contributed by atoms with Crippen LogP contribution in [0.25, 0.3) is 0 Å². The second-order valence-corrected chi connectivity index (χ2v) is 8.80. The summed E-state index contributed by atoms with van der Waals surface area (Å²) >= 11 is 1.87. The minimum atomic E-state index is -0.129. The van der Waals surface area contributed by atoms with Gasteiger partial charge in [-0.05, 0) is 51.7 Å². The van der Waals surface area contributed by atoms with Gasteiger partial charge in [-0.15, -0.1) is 11.3 Å². The number of aliphatic imine (C=N–C) groups is 1. The zero-order chi connectivity index (χ0) is 19.1. The summed E-state index contributed by atoms with van der Waals surface area (Å²) in [4.78, 5) is 10.2. The number of nitrogens with one attached hydrogen (secondary N) is 2. The molecule has 1 saturated heterocycles. The number of thiophene rings is 1. The molecule has 1 aromatic rings. The highest BCUT2D eigenvalue weighted by molar-refractivity contribution is 7.12. The quantitative estimate of drug-likeness (QED) is 0.510. The van der Waals surface area contributed by atoms with E-state index in [-0.39, 0.29) is 6.10 Å². The van der Waals surface area contributed by atoms with Crippen LogP contribution in [0.5, 0.6) is 0 Å². The topological polar surface area (TPSA) is 69.1 Å². The lowest BCUT2D eigenvalue weighted by Gasteiger charge is -2.33. The number of aliphatic hydroxyl groups excluding tert-OH is 1. The van der Waals surface area contributed by atoms with Crippen LogP contribution in [0.2, 0.25) is 0 Å². The Hall–Kier alpha value is -1.15. The van der Waals surface area contributed by atoms with E-state index in [0.717, 1.165) is 71.0 Å². The molecule has 1 atom stereocenters. The van der Waals surface area contributed by atoms with Crippen LogP contribution in [0.15, 0.2) is 17.1 Å². The summed E-state index contributed by atoms with van der Waals surface area (Å²) in [5, 5.41) is 16.7. The van der Waals surface area contributed by atoms with Gasteiger partial charge in [0.2, 0.25) is 0 Å². The number of aryl methyl sites for hydroxylation is 1. The largest absolute Gasteiger partial charge is 0.393 e. The van der Waals surface area contributed by atoms with Gasteiger partial charge in [0, 0.05) is 35.4 Å². The molecular weight excluding hydrogens is 360 g/mol. The van der Waals surface area contributed by atoms with E-state index in [1.165, 1.54) is 9.75 Å². The van der Waals surface area contributed by atoms with E-state index < -0.39 is 0 Å². The van der Waals surface area contributed by atoms with E-state index in [1.807, 2.05) is 11.3 Å². The van der Waals surface area contributed by atoms with Crippen molar-refractivity contribution in [3.05, 3.63) is 21.9 Å². The van der Waals surface area contributed by atoms with E-state index in [1.54, 1.807) is 0 Å². The van der Waals surface area contributed by atoms with E-state index in [2.05, 4.69) is 41.5 Å². The lowest BCUT2D eigenvalue weighted by molar-refractivity contribution is 0.0186. The van der Waals surface area contributed by atoms with Crippen molar-refractivity contribution < 1.29 is 9.84 Å². The minimum absolute atomic E-state index is 0.129. The summed E-state index contributed by atoms with van der Waals surface area (Å²) < 4.78 is 5.55. The van der Waals surface area contributed by atoms with Crippen LogP contribution in [-0.2, 0) is 4.74 Å². The molecule has 27 heavy (non-hydrogen) atoms. The molecule has 3 rings (SSSR count). The predicted molar refractivity (Wildman–Crippen MR) is 112 cm³/mol. The van der Waals surface area contributed by atoms with E-state index in [4.69, 9.17) is 9.73 Å². The molecule has 1 aliphatic carbocycles. The van der Waals surface area contributed by atoms with Gasteiger partial charge >= 0.3 is 0 Å². The van der Waals surface area contributed by atoms with Crippen LogP contribution in [0.3, 0.4) is 0 Å². The Kier molecular flexibility index (Phi) is 7.93. The molecule has 6 nitrogen and oxygen atoms in total. The molecular formula is C20H34N4O2S. The molecule has 1 saturated carbocycles. The number of morpholine rings is 1. The maximum Gasteiger partial charge on any atom is 0.191 e. The Morgan fingerprint density at radius 1 is 1.30 bits per heavy atom. The van der Waals surface area contributed by atoms with Crippen molar-refractivity contribution in [3.8, 4) is 0 Å². The number of ether oxygens (including phenoxy) is 1. The Morgan fingerprint density at radius 2 is 2.04 bits per heavy atom. The molecule has 0 spiro atoms. The van der Waals surface area contributed by atoms with Crippen molar-refractivity contribution in [2.45, 2.75) is 57.7 Å². The molecule has 2 fully saturated rings. The summed E-state index contributed by atoms with van der Waals surface area (Å²) in [5.74, 6) is 0.894. The van der Waals surface area contributed by atoms with Crippen LogP contribution in [0, 0.1) is 6.92 Å². The SMILES string of the molecule is CCNC(=NCC(c1ccc(C)s1)N1CCOCC1)NC1CCC(O)CC1. The summed E-state index contributed by atoms with van der Waals surface area (Å²) in [5.41, 5.74) is 0. The normalized spacial score (nSPS) is 26.0. The molecule has 0 aromatic carbocycles. The van der Waals surface area contributed by atoms with Crippen LogP contribution >= 0.6 is 11.3 Å². The molecule has 7 heteroatoms. The van der Waals surface area contributed by atoms with Crippen molar-refractivity contribution in [2.75, 3.05) is 39.4 Å². The van der Waals surface area contributed by atoms with Crippen molar-refractivity contribution >= 4 is 17.3 Å². The highest BCUT2D eigenvalue weighted by Gasteiger charge is 2.24. The Labute approximate surface area is 167 Å². The molecule has 1 aliphatic heterocycles. The van der Waals surface area contributed by atoms with Gasteiger partial charge in [0.05, 0.1) is 31.9 Å². The van der Waals surface area contributed by atoms with E-state index in [9.17, 15) is 5.11 Å². The lowest BCUT2D eigenvalue weighted by Crippen LogP contribution is -2.46. The zero-order valence-corrected chi connectivity index (χ0v) is 17.4. The average molecular weight is 395 g/mol. The van der Waals surface area contributed by atoms with Gasteiger partial charge in [-0.25, -0.2) is 0 Å². The van der Waals surface area contributed by atoms with Gasteiger partial charge in [0.15, 0.2) is 5.96 Å². The fourth-order valence-corrected chi connectivity index (χ4v) is 4.82. The molecule has 1 aromatic heterocycles. The number of hydrogen-bond acceptors (Lipinski definition) is 5. The van der Waals surface area contributed by atoms with Gasteiger partial charge in [0.25, 0.3) is 0 Å². The molecule has 152 valence electrons. The third-order valence-corrected chi connectivity index (χ3v) is 6.48. The van der Waals surface area contributed by atoms with Crippen molar-refractivity contribution in [2.24, 2.45) is 4.99 Å². The highest BCUT2D eigenvalue weighted by Crippen LogP contribution is 2.28. The molecule has 2 heterocycles. The smallest absolute Gasteiger partial charge is 0.191 e. The maximum atomic E-state index is 9.72. The summed E-state index contributed by atoms with van der Waals surface area (Å²) in [6.07, 6.45) is 3.63. The van der Waals surface area contributed by atoms with Gasteiger partial charge < -0.3 is 20.5 Å². The molecule has 0 bridgehead atoms. The second-order valence-electron chi connectivity index (χ2n) is 7.48. The number of aliphatic hydroxyl groups is 1. The zero-order valence-electron chi connectivity index (χ0n) is 16.6. The van der Waals surface area contributed by atoms with Gasteiger partial charge in [-0.3, -0.25) is 9.89 Å². The first kappa shape index (κ1) is 20.6. The highest BCUT2D eigenvalue weighted by atomic mass is 32.1. The first-order valence-electron chi connectivity index (χ1n) is 10.3. The Balaban J connectivity index is 1.67. The van der Waals surface area contributed by atoms with Crippen LogP contribution in [0.1, 0.15) is 48.4 Å². The van der Waals surface area contributed by atoms with Crippen molar-refractivity contribution in [1.82, 2.24) is 15.5 Å². The molecule has 0 amide bonds. The first-order valence-corrected chi connectivity index (χ1v) is 11.1. The fraction of sp³-hybridized carbons (Fsp3) is 0.750. The summed E-state index contributed by atoms with van der Waals surface area (Å²) in [6.45, 7) is 9.37. The van der Waals surface area contributed by atoms with Gasteiger partial charge in [-0.2, -0.15) is 0 Å². The molecule has 1 unspecified atom stereocenters. The second kappa shape index (κ2) is 10.4. The Bertz CT molecular complexity index is 593. The number of rotatable bonds is 6. The number of hydrogen-bond donors (Lipinski definition) is 3. The number of guanidine groups is 1. The average Bonchev–Trinajstić information content (AvgIpc) is 3.11. The minimum Gasteiger partial charge on any atom is -0.393 e. The van der Waals surface area contributed by atoms with Crippen LogP contribution < -0.4 is 10.6 Å². The summed E-state index contributed by atoms with van der Waals surface area (Å²) in [6, 6.07) is 5.15. The first-order chi connectivity index (χ1) is 13.2. The molecule has 0 radical (unpaired) electrons. The van der Waals surface area contributed by atoms with Crippen LogP contribution in [0.4, 0.5) is 0 Å². The lowest BCUT2D eigenvalue weighted by atomic mass is 9.93. The maximum absolute atomic E-state index is 9.72. The van der Waals surface area contributed by atoms with E-state index in [0.29, 0.717) is 12.1 Å². The Morgan fingerprint density at radius 3 is 2.67 bits per heavy atom. The monoisotopic (exact) mass is 394 g/mol. The number of nitrogens with zero attached hydrogens (tertiary/aromatic N) is 2. The predicted octanol–water partition coefficient (Wildman–Crippen LogP) is 2.29. The van der Waals surface area contributed by atoms with Crippen molar-refractivity contribution in [3.63, 3.8) is 0 Å². The summed E-state index contributed by atoms with van der Waals surface area (Å²) in [7, 11) is 0. The third-order valence-electron chi connectivity index (χ3n) is 5.38. The van der Waals surface area contributed by atoms with Gasteiger partial charge in [-0.1, -0.05) is 0 Å². The van der Waals surface area contributed by atoms with Crippen molar-refractivity contribution in [1.29, 1.82) is 0 Å². The van der Waals surface area contributed by atoms with Gasteiger partial charge in [0.1, 0.15) is 0 Å². The molecule has 3 N–H and O–H groups in total. The fourth-order valence-electron chi connectivity index (χ4n) is 3.82. The van der Waals surface area contributed by atoms with Crippen LogP contribution in [-0.4, -0.2) is 67.5 Å².